The van der Waals surface area contributed by atoms with Crippen LogP contribution in [0.15, 0.2) is 54.9 Å². The second kappa shape index (κ2) is 7.37. The Hall–Kier alpha value is -3.19. The zero-order valence-electron chi connectivity index (χ0n) is 14.2. The average Bonchev–Trinajstić information content (AvgIpc) is 3.05. The number of pyridine rings is 1. The van der Waals surface area contributed by atoms with Crippen molar-refractivity contribution in [3.63, 3.8) is 0 Å². The molecular formula is C19H16N2O4S. The van der Waals surface area contributed by atoms with Gasteiger partial charge in [-0.1, -0.05) is 35.1 Å². The van der Waals surface area contributed by atoms with Crippen LogP contribution >= 0.6 is 11.3 Å². The molecule has 0 atom stereocenters. The predicted octanol–water partition coefficient (Wildman–Crippen LogP) is 4.45. The number of anilines is 1. The van der Waals surface area contributed by atoms with E-state index in [1.165, 1.54) is 4.90 Å². The Labute approximate surface area is 154 Å². The molecule has 3 aromatic rings. The fourth-order valence-electron chi connectivity index (χ4n) is 2.40. The predicted molar refractivity (Wildman–Crippen MR) is 100 cm³/mol. The van der Waals surface area contributed by atoms with Gasteiger partial charge >= 0.3 is 6.16 Å². The molecule has 2 aromatic heterocycles. The van der Waals surface area contributed by atoms with Gasteiger partial charge < -0.3 is 14.7 Å². The van der Waals surface area contributed by atoms with E-state index < -0.39 is 6.16 Å². The van der Waals surface area contributed by atoms with Gasteiger partial charge in [0.2, 0.25) is 5.06 Å². The summed E-state index contributed by atoms with van der Waals surface area (Å²) in [5.74, 6) is -0.254. The number of carbonyl (C=O) groups is 2. The molecule has 7 heteroatoms. The average molecular weight is 368 g/mol. The summed E-state index contributed by atoms with van der Waals surface area (Å²) >= 11 is 1.15. The Balaban J connectivity index is 1.98. The summed E-state index contributed by atoms with van der Waals surface area (Å²) in [6.45, 7) is 1.94. The molecule has 1 aromatic carbocycles. The zero-order valence-corrected chi connectivity index (χ0v) is 15.0. The van der Waals surface area contributed by atoms with Crippen molar-refractivity contribution in [2.45, 2.75) is 6.92 Å². The number of aryl methyl sites for hydroxylation is 1. The van der Waals surface area contributed by atoms with Gasteiger partial charge in [0, 0.05) is 35.4 Å². The molecule has 0 bridgehead atoms. The fourth-order valence-corrected chi connectivity index (χ4v) is 3.42. The summed E-state index contributed by atoms with van der Waals surface area (Å²) < 4.78 is 4.89. The van der Waals surface area contributed by atoms with E-state index in [0.29, 0.717) is 11.3 Å². The monoisotopic (exact) mass is 368 g/mol. The van der Waals surface area contributed by atoms with Crippen LogP contribution in [0.4, 0.5) is 10.5 Å². The molecule has 0 radical (unpaired) electrons. The number of carboxylic acid groups (broad SMARTS) is 1. The lowest BCUT2D eigenvalue weighted by Crippen LogP contribution is -2.26. The summed E-state index contributed by atoms with van der Waals surface area (Å²) in [5.41, 5.74) is 2.76. The first kappa shape index (κ1) is 17.6. The summed E-state index contributed by atoms with van der Waals surface area (Å²) in [4.78, 5) is 30.0. The molecule has 0 fully saturated rings. The highest BCUT2D eigenvalue weighted by atomic mass is 32.1. The highest BCUT2D eigenvalue weighted by Crippen LogP contribution is 2.42. The van der Waals surface area contributed by atoms with Crippen molar-refractivity contribution in [1.82, 2.24) is 4.98 Å². The number of ether oxygens (including phenoxy) is 1. The first-order valence-corrected chi connectivity index (χ1v) is 8.57. The maximum absolute atomic E-state index is 12.8. The molecule has 0 spiro atoms. The van der Waals surface area contributed by atoms with E-state index in [-0.39, 0.29) is 11.0 Å². The van der Waals surface area contributed by atoms with Gasteiger partial charge in [0.1, 0.15) is 0 Å². The normalized spacial score (nSPS) is 10.4. The summed E-state index contributed by atoms with van der Waals surface area (Å²) in [7, 11) is 1.59. The maximum atomic E-state index is 12.8. The lowest BCUT2D eigenvalue weighted by atomic mass is 10.1. The lowest BCUT2D eigenvalue weighted by Gasteiger charge is -2.17. The van der Waals surface area contributed by atoms with E-state index in [2.05, 4.69) is 4.98 Å². The zero-order chi connectivity index (χ0) is 18.7. The van der Waals surface area contributed by atoms with Crippen LogP contribution in [-0.4, -0.2) is 29.2 Å². The smallest absolute Gasteiger partial charge is 0.449 e. The molecule has 0 aliphatic carbocycles. The van der Waals surface area contributed by atoms with Gasteiger partial charge in [-0.15, -0.1) is 0 Å². The van der Waals surface area contributed by atoms with Gasteiger partial charge in [-0.25, -0.2) is 4.79 Å². The number of aromatic nitrogens is 1. The molecule has 2 heterocycles. The van der Waals surface area contributed by atoms with Crippen LogP contribution < -0.4 is 9.64 Å². The Kier molecular flexibility index (Phi) is 4.99. The highest BCUT2D eigenvalue weighted by Gasteiger charge is 2.22. The largest absolute Gasteiger partial charge is 0.512 e. The summed E-state index contributed by atoms with van der Waals surface area (Å²) in [6.07, 6.45) is 1.89. The van der Waals surface area contributed by atoms with Crippen LogP contribution in [0.25, 0.3) is 10.4 Å². The first-order chi connectivity index (χ1) is 12.5. The molecule has 132 valence electrons. The quantitative estimate of drug-likeness (QED) is 0.688. The van der Waals surface area contributed by atoms with Gasteiger partial charge in [-0.2, -0.15) is 0 Å². The number of hydrogen-bond donors (Lipinski definition) is 1. The van der Waals surface area contributed by atoms with Gasteiger partial charge in [0.15, 0.2) is 0 Å². The van der Waals surface area contributed by atoms with E-state index >= 15 is 0 Å². The van der Waals surface area contributed by atoms with Crippen LogP contribution in [0.2, 0.25) is 0 Å². The standard InChI is InChI=1S/C19H16N2O4S/c1-12-5-7-13(8-6-12)17(22)21(2)15-10-16(14-4-3-9-20-11-14)26-18(15)25-19(23)24/h3-11H,1-2H3,(H,23,24). The number of carbonyl (C=O) groups excluding carboxylic acids is 1. The number of thiophene rings is 1. The van der Waals surface area contributed by atoms with E-state index in [1.54, 1.807) is 43.7 Å². The van der Waals surface area contributed by atoms with E-state index in [9.17, 15) is 9.59 Å². The molecule has 6 nitrogen and oxygen atoms in total. The molecule has 3 rings (SSSR count). The van der Waals surface area contributed by atoms with E-state index in [1.807, 2.05) is 25.1 Å². The summed E-state index contributed by atoms with van der Waals surface area (Å²) in [6, 6.07) is 12.5. The Morgan fingerprint density at radius 2 is 1.92 bits per heavy atom. The number of hydrogen-bond acceptors (Lipinski definition) is 5. The van der Waals surface area contributed by atoms with Crippen molar-refractivity contribution in [2.24, 2.45) is 0 Å². The molecule has 1 amide bonds. The Bertz CT molecular complexity index is 936. The molecule has 0 saturated heterocycles. The van der Waals surface area contributed by atoms with Crippen molar-refractivity contribution >= 4 is 29.1 Å². The highest BCUT2D eigenvalue weighted by molar-refractivity contribution is 7.18. The van der Waals surface area contributed by atoms with Crippen LogP contribution in [0.3, 0.4) is 0 Å². The molecule has 0 unspecified atom stereocenters. The van der Waals surface area contributed by atoms with E-state index in [4.69, 9.17) is 9.84 Å². The summed E-state index contributed by atoms with van der Waals surface area (Å²) in [5, 5.41) is 9.15. The maximum Gasteiger partial charge on any atom is 0.512 e. The van der Waals surface area contributed by atoms with E-state index in [0.717, 1.165) is 27.3 Å². The Morgan fingerprint density at radius 1 is 1.19 bits per heavy atom. The van der Waals surface area contributed by atoms with Crippen LogP contribution in [0.1, 0.15) is 15.9 Å². The van der Waals surface area contributed by atoms with Crippen molar-refractivity contribution in [1.29, 1.82) is 0 Å². The number of benzene rings is 1. The molecule has 0 aliphatic rings. The molecular weight excluding hydrogens is 352 g/mol. The first-order valence-electron chi connectivity index (χ1n) is 7.75. The minimum absolute atomic E-state index is 0.138. The van der Waals surface area contributed by atoms with Crippen LogP contribution in [0, 0.1) is 6.92 Å². The SMILES string of the molecule is Cc1ccc(C(=O)N(C)c2cc(-c3cccnc3)sc2OC(=O)O)cc1. The third kappa shape index (κ3) is 3.73. The third-order valence-electron chi connectivity index (χ3n) is 3.77. The second-order valence-electron chi connectivity index (χ2n) is 5.62. The second-order valence-corrected chi connectivity index (χ2v) is 6.64. The van der Waals surface area contributed by atoms with Gasteiger partial charge in [0.05, 0.1) is 5.69 Å². The van der Waals surface area contributed by atoms with Gasteiger partial charge in [0.25, 0.3) is 5.91 Å². The molecule has 1 N–H and O–H groups in total. The van der Waals surface area contributed by atoms with Gasteiger partial charge in [-0.05, 0) is 31.2 Å². The Morgan fingerprint density at radius 3 is 2.54 bits per heavy atom. The number of rotatable bonds is 4. The fraction of sp³-hybridized carbons (Fsp3) is 0.105. The van der Waals surface area contributed by atoms with Crippen molar-refractivity contribution in [2.75, 3.05) is 11.9 Å². The van der Waals surface area contributed by atoms with Gasteiger partial charge in [-0.3, -0.25) is 9.78 Å². The molecule has 0 saturated carbocycles. The van der Waals surface area contributed by atoms with Crippen LogP contribution in [-0.2, 0) is 0 Å². The number of amides is 1. The van der Waals surface area contributed by atoms with Crippen molar-refractivity contribution in [3.8, 4) is 15.5 Å². The minimum Gasteiger partial charge on any atom is -0.449 e. The van der Waals surface area contributed by atoms with Crippen LogP contribution in [0.5, 0.6) is 5.06 Å². The number of nitrogens with zero attached hydrogens (tertiary/aromatic N) is 2. The third-order valence-corrected chi connectivity index (χ3v) is 4.82. The minimum atomic E-state index is -1.43. The lowest BCUT2D eigenvalue weighted by molar-refractivity contribution is 0.0991. The molecule has 26 heavy (non-hydrogen) atoms. The van der Waals surface area contributed by atoms with Crippen molar-refractivity contribution in [3.05, 3.63) is 66.0 Å². The topological polar surface area (TPSA) is 79.7 Å². The molecule has 0 aliphatic heterocycles. The van der Waals surface area contributed by atoms with Crippen molar-refractivity contribution < 1.29 is 19.4 Å².